The fourth-order valence-electron chi connectivity index (χ4n) is 2.71. The minimum Gasteiger partial charge on any atom is -0.338 e. The number of piperidine rings is 1. The highest BCUT2D eigenvalue weighted by Crippen LogP contribution is 2.29. The number of nitrogens with one attached hydrogen (secondary N) is 1. The predicted octanol–water partition coefficient (Wildman–Crippen LogP) is 4.03. The quantitative estimate of drug-likeness (QED) is 0.925. The fourth-order valence-corrected chi connectivity index (χ4v) is 3.24. The average molecular weight is 326 g/mol. The van der Waals surface area contributed by atoms with Crippen LogP contribution in [0.25, 0.3) is 0 Å². The van der Waals surface area contributed by atoms with Crippen LogP contribution in [-0.4, -0.2) is 16.7 Å². The molecule has 1 fully saturated rings. The van der Waals surface area contributed by atoms with Crippen molar-refractivity contribution in [3.63, 3.8) is 0 Å². The Labute approximate surface area is 133 Å². The fraction of sp³-hybridized carbons (Fsp3) is 0.467. The van der Waals surface area contributed by atoms with Crippen molar-refractivity contribution in [2.75, 3.05) is 6.54 Å². The van der Waals surface area contributed by atoms with Gasteiger partial charge in [-0.2, -0.15) is 4.98 Å². The molecule has 1 aromatic carbocycles. The summed E-state index contributed by atoms with van der Waals surface area (Å²) in [4.78, 5) is 4.50. The van der Waals surface area contributed by atoms with E-state index >= 15 is 0 Å². The summed E-state index contributed by atoms with van der Waals surface area (Å²) in [5.74, 6) is 1.76. The van der Waals surface area contributed by atoms with Gasteiger partial charge in [0.05, 0.1) is 6.04 Å². The van der Waals surface area contributed by atoms with Gasteiger partial charge in [0, 0.05) is 16.5 Å². The largest absolute Gasteiger partial charge is 0.338 e. The number of nitrogens with zero attached hydrogens (tertiary/aromatic N) is 2. The van der Waals surface area contributed by atoms with E-state index < -0.39 is 0 Å². The second kappa shape index (κ2) is 6.34. The molecule has 2 heterocycles. The highest BCUT2D eigenvalue weighted by atomic mass is 35.5. The number of aromatic nitrogens is 2. The molecule has 0 saturated carbocycles. The van der Waals surface area contributed by atoms with E-state index in [0.717, 1.165) is 12.1 Å². The first-order valence-corrected chi connectivity index (χ1v) is 7.89. The molecule has 4 nitrogen and oxygen atoms in total. The van der Waals surface area contributed by atoms with Crippen molar-refractivity contribution in [3.05, 3.63) is 45.5 Å². The summed E-state index contributed by atoms with van der Waals surface area (Å²) in [5.41, 5.74) is 0.831. The smallest absolute Gasteiger partial charge is 0.244 e. The summed E-state index contributed by atoms with van der Waals surface area (Å²) < 4.78 is 5.42. The molecule has 21 heavy (non-hydrogen) atoms. The zero-order valence-corrected chi connectivity index (χ0v) is 13.3. The van der Waals surface area contributed by atoms with E-state index in [1.165, 1.54) is 12.8 Å². The van der Waals surface area contributed by atoms with Gasteiger partial charge in [0.1, 0.15) is 0 Å². The van der Waals surface area contributed by atoms with Gasteiger partial charge in [0.2, 0.25) is 5.89 Å². The molecule has 3 rings (SSSR count). The van der Waals surface area contributed by atoms with Gasteiger partial charge in [-0.1, -0.05) is 41.3 Å². The minimum absolute atomic E-state index is 0.140. The van der Waals surface area contributed by atoms with Crippen LogP contribution < -0.4 is 5.32 Å². The molecule has 0 amide bonds. The van der Waals surface area contributed by atoms with Crippen LogP contribution in [0.1, 0.15) is 43.1 Å². The molecule has 0 spiro atoms. The Balaban J connectivity index is 1.79. The van der Waals surface area contributed by atoms with Crippen molar-refractivity contribution >= 4 is 23.2 Å². The molecule has 112 valence electrons. The molecule has 0 bridgehead atoms. The van der Waals surface area contributed by atoms with Crippen molar-refractivity contribution in [3.8, 4) is 0 Å². The summed E-state index contributed by atoms with van der Waals surface area (Å²) >= 11 is 12.4. The van der Waals surface area contributed by atoms with Gasteiger partial charge in [-0.05, 0) is 43.0 Å². The van der Waals surface area contributed by atoms with Crippen LogP contribution in [-0.2, 0) is 6.42 Å². The summed E-state index contributed by atoms with van der Waals surface area (Å²) in [7, 11) is 0. The van der Waals surface area contributed by atoms with Gasteiger partial charge in [0.15, 0.2) is 5.82 Å². The molecule has 1 aliphatic heterocycles. The maximum atomic E-state index is 6.18. The molecule has 0 aliphatic carbocycles. The first-order valence-electron chi connectivity index (χ1n) is 7.14. The van der Waals surface area contributed by atoms with Gasteiger partial charge in [0.25, 0.3) is 0 Å². The molecule has 1 N–H and O–H groups in total. The molecule has 1 aliphatic rings. The van der Waals surface area contributed by atoms with Crippen LogP contribution in [0, 0.1) is 5.92 Å². The zero-order valence-electron chi connectivity index (χ0n) is 11.8. The monoisotopic (exact) mass is 325 g/mol. The molecule has 1 saturated heterocycles. The molecule has 6 heteroatoms. The van der Waals surface area contributed by atoms with Crippen LogP contribution in [0.2, 0.25) is 10.0 Å². The Morgan fingerprint density at radius 2 is 2.10 bits per heavy atom. The Kier molecular flexibility index (Phi) is 4.48. The molecule has 1 aromatic heterocycles. The van der Waals surface area contributed by atoms with Crippen molar-refractivity contribution in [2.45, 2.75) is 32.2 Å². The van der Waals surface area contributed by atoms with Gasteiger partial charge in [-0.15, -0.1) is 0 Å². The lowest BCUT2D eigenvalue weighted by Gasteiger charge is -2.26. The van der Waals surface area contributed by atoms with E-state index in [1.807, 2.05) is 18.2 Å². The molecule has 0 radical (unpaired) electrons. The predicted molar refractivity (Wildman–Crippen MR) is 82.7 cm³/mol. The Bertz CT molecular complexity index is 609. The zero-order chi connectivity index (χ0) is 14.8. The second-order valence-electron chi connectivity index (χ2n) is 5.48. The standard InChI is InChI=1S/C15H17Cl2N3O/c1-9-4-3-7-18-14(9)15-19-13(20-21-15)8-10-11(16)5-2-6-12(10)17/h2,5-6,9,14,18H,3-4,7-8H2,1H3. The van der Waals surface area contributed by atoms with Crippen LogP contribution in [0.15, 0.2) is 22.7 Å². The van der Waals surface area contributed by atoms with Crippen LogP contribution in [0.3, 0.4) is 0 Å². The lowest BCUT2D eigenvalue weighted by atomic mass is 9.93. The third kappa shape index (κ3) is 3.23. The normalized spacial score (nSPS) is 22.4. The van der Waals surface area contributed by atoms with Crippen molar-refractivity contribution in [1.82, 2.24) is 15.5 Å². The summed E-state index contributed by atoms with van der Waals surface area (Å²) in [5, 5.41) is 8.74. The first-order chi connectivity index (χ1) is 10.1. The third-order valence-corrected chi connectivity index (χ3v) is 4.62. The lowest BCUT2D eigenvalue weighted by Crippen LogP contribution is -2.33. The Hall–Kier alpha value is -1.10. The highest BCUT2D eigenvalue weighted by molar-refractivity contribution is 6.36. The summed E-state index contributed by atoms with van der Waals surface area (Å²) in [6, 6.07) is 5.59. The number of halogens is 2. The van der Waals surface area contributed by atoms with E-state index in [9.17, 15) is 0 Å². The third-order valence-electron chi connectivity index (χ3n) is 3.92. The highest BCUT2D eigenvalue weighted by Gasteiger charge is 2.27. The van der Waals surface area contributed by atoms with Gasteiger partial charge in [-0.3, -0.25) is 0 Å². The topological polar surface area (TPSA) is 51.0 Å². The molecular weight excluding hydrogens is 309 g/mol. The number of rotatable bonds is 3. The Morgan fingerprint density at radius 1 is 1.33 bits per heavy atom. The number of hydrogen-bond acceptors (Lipinski definition) is 4. The van der Waals surface area contributed by atoms with E-state index in [-0.39, 0.29) is 6.04 Å². The van der Waals surface area contributed by atoms with Crippen LogP contribution in [0.5, 0.6) is 0 Å². The molecule has 2 unspecified atom stereocenters. The van der Waals surface area contributed by atoms with Gasteiger partial charge in [-0.25, -0.2) is 0 Å². The van der Waals surface area contributed by atoms with Crippen LogP contribution in [0.4, 0.5) is 0 Å². The van der Waals surface area contributed by atoms with Crippen molar-refractivity contribution in [1.29, 1.82) is 0 Å². The lowest BCUT2D eigenvalue weighted by molar-refractivity contribution is 0.239. The maximum Gasteiger partial charge on any atom is 0.244 e. The maximum absolute atomic E-state index is 6.18. The average Bonchev–Trinajstić information content (AvgIpc) is 2.92. The number of benzene rings is 1. The first kappa shape index (κ1) is 14.8. The number of hydrogen-bond donors (Lipinski definition) is 1. The van der Waals surface area contributed by atoms with Crippen molar-refractivity contribution < 1.29 is 4.52 Å². The van der Waals surface area contributed by atoms with E-state index in [1.54, 1.807) is 0 Å². The van der Waals surface area contributed by atoms with E-state index in [0.29, 0.717) is 34.1 Å². The summed E-state index contributed by atoms with van der Waals surface area (Å²) in [6.07, 6.45) is 2.84. The van der Waals surface area contributed by atoms with E-state index in [2.05, 4.69) is 22.4 Å². The second-order valence-corrected chi connectivity index (χ2v) is 6.29. The molecule has 2 atom stereocenters. The van der Waals surface area contributed by atoms with Crippen molar-refractivity contribution in [2.24, 2.45) is 5.92 Å². The molecule has 2 aromatic rings. The Morgan fingerprint density at radius 3 is 2.81 bits per heavy atom. The summed E-state index contributed by atoms with van der Waals surface area (Å²) in [6.45, 7) is 3.19. The van der Waals surface area contributed by atoms with E-state index in [4.69, 9.17) is 27.7 Å². The van der Waals surface area contributed by atoms with Gasteiger partial charge < -0.3 is 9.84 Å². The van der Waals surface area contributed by atoms with Crippen LogP contribution >= 0.6 is 23.2 Å². The SMILES string of the molecule is CC1CCCNC1c1nc(Cc2c(Cl)cccc2Cl)no1. The van der Waals surface area contributed by atoms with Gasteiger partial charge >= 0.3 is 0 Å². The minimum atomic E-state index is 0.140. The molecular formula is C15H17Cl2N3O.